The van der Waals surface area contributed by atoms with Gasteiger partial charge in [0.25, 0.3) is 0 Å². The van der Waals surface area contributed by atoms with Crippen LogP contribution in [0, 0.1) is 17.8 Å². The molecule has 4 atom stereocenters. The Morgan fingerprint density at radius 1 is 1.47 bits per heavy atom. The summed E-state index contributed by atoms with van der Waals surface area (Å²) in [5, 5.41) is 13.3. The average Bonchev–Trinajstić information content (AvgIpc) is 2.93. The number of aliphatic hydroxyl groups excluding tert-OH is 1. The standard InChI is InChI=1S/C12H17NOS/c14-11(7-12-13-3-4-15-12)10-6-8-1-2-9(10)5-8/h3-4,8-11,14H,1-2,5-7H2. The van der Waals surface area contributed by atoms with Crippen LogP contribution in [-0.2, 0) is 6.42 Å². The van der Waals surface area contributed by atoms with Crippen LogP contribution < -0.4 is 0 Å². The van der Waals surface area contributed by atoms with Gasteiger partial charge in [0.2, 0.25) is 0 Å². The quantitative estimate of drug-likeness (QED) is 0.854. The van der Waals surface area contributed by atoms with Crippen molar-refractivity contribution >= 4 is 11.3 Å². The van der Waals surface area contributed by atoms with Crippen LogP contribution in [0.4, 0.5) is 0 Å². The highest BCUT2D eigenvalue weighted by Gasteiger charge is 2.42. The third-order valence-electron chi connectivity index (χ3n) is 4.15. The third-order valence-corrected chi connectivity index (χ3v) is 4.96. The van der Waals surface area contributed by atoms with Gasteiger partial charge < -0.3 is 5.11 Å². The van der Waals surface area contributed by atoms with Crippen LogP contribution in [0.1, 0.15) is 30.7 Å². The lowest BCUT2D eigenvalue weighted by atomic mass is 9.84. The zero-order valence-electron chi connectivity index (χ0n) is 8.80. The second-order valence-corrected chi connectivity index (χ2v) is 6.02. The topological polar surface area (TPSA) is 33.1 Å². The monoisotopic (exact) mass is 223 g/mol. The molecule has 0 spiro atoms. The predicted molar refractivity (Wildman–Crippen MR) is 60.8 cm³/mol. The Bertz CT molecular complexity index is 324. The van der Waals surface area contributed by atoms with E-state index in [1.54, 1.807) is 11.3 Å². The summed E-state index contributed by atoms with van der Waals surface area (Å²) < 4.78 is 0. The fraction of sp³-hybridized carbons (Fsp3) is 0.750. The van der Waals surface area contributed by atoms with Crippen molar-refractivity contribution < 1.29 is 5.11 Å². The van der Waals surface area contributed by atoms with Crippen molar-refractivity contribution in [2.24, 2.45) is 17.8 Å². The van der Waals surface area contributed by atoms with Gasteiger partial charge in [0, 0.05) is 18.0 Å². The molecule has 2 nitrogen and oxygen atoms in total. The van der Waals surface area contributed by atoms with E-state index < -0.39 is 0 Å². The largest absolute Gasteiger partial charge is 0.392 e. The van der Waals surface area contributed by atoms with Gasteiger partial charge >= 0.3 is 0 Å². The summed E-state index contributed by atoms with van der Waals surface area (Å²) in [7, 11) is 0. The number of fused-ring (bicyclic) bond motifs is 2. The van der Waals surface area contributed by atoms with Gasteiger partial charge in [0.1, 0.15) is 0 Å². The van der Waals surface area contributed by atoms with E-state index in [1.807, 2.05) is 11.6 Å². The lowest BCUT2D eigenvalue weighted by Crippen LogP contribution is -2.27. The average molecular weight is 223 g/mol. The van der Waals surface area contributed by atoms with E-state index in [2.05, 4.69) is 4.98 Å². The summed E-state index contributed by atoms with van der Waals surface area (Å²) in [6, 6.07) is 0. The molecule has 0 saturated heterocycles. The first-order valence-corrected chi connectivity index (χ1v) is 6.77. The van der Waals surface area contributed by atoms with Gasteiger partial charge in [0.05, 0.1) is 11.1 Å². The summed E-state index contributed by atoms with van der Waals surface area (Å²) in [4.78, 5) is 4.25. The van der Waals surface area contributed by atoms with E-state index in [-0.39, 0.29) is 6.10 Å². The van der Waals surface area contributed by atoms with Crippen LogP contribution in [-0.4, -0.2) is 16.2 Å². The molecule has 4 unspecified atom stereocenters. The number of hydrogen-bond donors (Lipinski definition) is 1. The molecule has 1 heterocycles. The van der Waals surface area contributed by atoms with E-state index in [4.69, 9.17) is 0 Å². The molecule has 1 N–H and O–H groups in total. The first-order chi connectivity index (χ1) is 7.33. The first-order valence-electron chi connectivity index (χ1n) is 5.89. The molecule has 2 fully saturated rings. The lowest BCUT2D eigenvalue weighted by molar-refractivity contribution is 0.0750. The van der Waals surface area contributed by atoms with Gasteiger partial charge in [-0.25, -0.2) is 4.98 Å². The van der Waals surface area contributed by atoms with Crippen molar-refractivity contribution in [2.45, 2.75) is 38.2 Å². The molecule has 0 aliphatic heterocycles. The van der Waals surface area contributed by atoms with Crippen LogP contribution >= 0.6 is 11.3 Å². The number of aromatic nitrogens is 1. The minimum atomic E-state index is -0.147. The summed E-state index contributed by atoms with van der Waals surface area (Å²) >= 11 is 1.66. The second kappa shape index (κ2) is 3.87. The normalized spacial score (nSPS) is 35.9. The van der Waals surface area contributed by atoms with Gasteiger partial charge in [-0.1, -0.05) is 6.42 Å². The molecule has 82 valence electrons. The van der Waals surface area contributed by atoms with Crippen LogP contribution in [0.2, 0.25) is 0 Å². The summed E-state index contributed by atoms with van der Waals surface area (Å²) in [6.07, 6.45) is 7.84. The van der Waals surface area contributed by atoms with Crippen LogP contribution in [0.3, 0.4) is 0 Å². The Balaban J connectivity index is 1.63. The zero-order valence-corrected chi connectivity index (χ0v) is 9.62. The van der Waals surface area contributed by atoms with E-state index in [0.717, 1.165) is 23.3 Å². The second-order valence-electron chi connectivity index (χ2n) is 5.04. The molecule has 2 bridgehead atoms. The van der Waals surface area contributed by atoms with E-state index in [9.17, 15) is 5.11 Å². The lowest BCUT2D eigenvalue weighted by Gasteiger charge is -2.26. The molecule has 1 aromatic rings. The third kappa shape index (κ3) is 1.83. The molecule has 2 saturated carbocycles. The molecule has 0 amide bonds. The van der Waals surface area contributed by atoms with E-state index in [1.165, 1.54) is 25.7 Å². The van der Waals surface area contributed by atoms with Gasteiger partial charge in [-0.2, -0.15) is 0 Å². The van der Waals surface area contributed by atoms with Crippen molar-refractivity contribution in [3.8, 4) is 0 Å². The van der Waals surface area contributed by atoms with Crippen molar-refractivity contribution in [2.75, 3.05) is 0 Å². The fourth-order valence-electron chi connectivity index (χ4n) is 3.45. The number of thiazole rings is 1. The highest BCUT2D eigenvalue weighted by Crippen LogP contribution is 2.49. The van der Waals surface area contributed by atoms with Gasteiger partial charge in [0.15, 0.2) is 0 Å². The van der Waals surface area contributed by atoms with E-state index in [0.29, 0.717) is 5.92 Å². The minimum Gasteiger partial charge on any atom is -0.392 e. The Kier molecular flexibility index (Phi) is 2.53. The molecule has 0 radical (unpaired) electrons. The smallest absolute Gasteiger partial charge is 0.0950 e. The summed E-state index contributed by atoms with van der Waals surface area (Å²) in [6.45, 7) is 0. The van der Waals surface area contributed by atoms with Crippen molar-refractivity contribution in [1.29, 1.82) is 0 Å². The molecule has 2 aliphatic rings. The van der Waals surface area contributed by atoms with Gasteiger partial charge in [-0.05, 0) is 37.0 Å². The van der Waals surface area contributed by atoms with Gasteiger partial charge in [-0.15, -0.1) is 11.3 Å². The number of nitrogens with zero attached hydrogens (tertiary/aromatic N) is 1. The Morgan fingerprint density at radius 3 is 3.00 bits per heavy atom. The zero-order chi connectivity index (χ0) is 10.3. The fourth-order valence-corrected chi connectivity index (χ4v) is 4.12. The van der Waals surface area contributed by atoms with Crippen LogP contribution in [0.5, 0.6) is 0 Å². The van der Waals surface area contributed by atoms with Crippen LogP contribution in [0.15, 0.2) is 11.6 Å². The number of aliphatic hydroxyl groups is 1. The number of rotatable bonds is 3. The molecule has 15 heavy (non-hydrogen) atoms. The first kappa shape index (κ1) is 9.79. The minimum absolute atomic E-state index is 0.147. The predicted octanol–water partition coefficient (Wildman–Crippen LogP) is 2.48. The molecular formula is C12H17NOS. The molecule has 2 aliphatic carbocycles. The summed E-state index contributed by atoms with van der Waals surface area (Å²) in [5.74, 6) is 2.29. The number of hydrogen-bond acceptors (Lipinski definition) is 3. The molecule has 1 aromatic heterocycles. The maximum absolute atomic E-state index is 10.2. The Labute approximate surface area is 94.4 Å². The molecule has 3 heteroatoms. The molecule has 3 rings (SSSR count). The maximum Gasteiger partial charge on any atom is 0.0950 e. The van der Waals surface area contributed by atoms with Crippen LogP contribution in [0.25, 0.3) is 0 Å². The molecular weight excluding hydrogens is 206 g/mol. The van der Waals surface area contributed by atoms with Crippen molar-refractivity contribution in [1.82, 2.24) is 4.98 Å². The SMILES string of the molecule is OC(Cc1nccs1)C1CC2CCC1C2. The van der Waals surface area contributed by atoms with Crippen molar-refractivity contribution in [3.05, 3.63) is 16.6 Å². The highest BCUT2D eigenvalue weighted by atomic mass is 32.1. The summed E-state index contributed by atoms with van der Waals surface area (Å²) in [5.41, 5.74) is 0. The van der Waals surface area contributed by atoms with Gasteiger partial charge in [-0.3, -0.25) is 0 Å². The van der Waals surface area contributed by atoms with Crippen molar-refractivity contribution in [3.63, 3.8) is 0 Å². The van der Waals surface area contributed by atoms with E-state index >= 15 is 0 Å². The Morgan fingerprint density at radius 2 is 2.40 bits per heavy atom. The molecule has 0 aromatic carbocycles. The highest BCUT2D eigenvalue weighted by molar-refractivity contribution is 7.09. The maximum atomic E-state index is 10.2. The Hall–Kier alpha value is -0.410.